The average Bonchev–Trinajstić information content (AvgIpc) is 2.57. The molecule has 0 saturated heterocycles. The maximum Gasteiger partial charge on any atom is 0.443 e. The number of ether oxygens (including phenoxy) is 1. The van der Waals surface area contributed by atoms with Crippen molar-refractivity contribution in [1.29, 1.82) is 0 Å². The first kappa shape index (κ1) is 16.5. The van der Waals surface area contributed by atoms with Crippen LogP contribution in [-0.2, 0) is 16.2 Å². The average molecular weight is 314 g/mol. The van der Waals surface area contributed by atoms with Crippen LogP contribution in [0, 0.1) is 0 Å². The minimum Gasteiger partial charge on any atom is -0.448 e. The van der Waals surface area contributed by atoms with E-state index in [4.69, 9.17) is 9.57 Å². The van der Waals surface area contributed by atoms with Gasteiger partial charge in [-0.15, -0.1) is 0 Å². The normalized spacial score (nSPS) is 9.96. The van der Waals surface area contributed by atoms with Gasteiger partial charge in [0.2, 0.25) is 0 Å². The lowest BCUT2D eigenvalue weighted by molar-refractivity contribution is -0.106. The molecule has 6 heteroatoms. The highest BCUT2D eigenvalue weighted by Gasteiger charge is 2.24. The van der Waals surface area contributed by atoms with Crippen molar-refractivity contribution in [3.8, 4) is 0 Å². The molecule has 0 saturated carbocycles. The maximum absolute atomic E-state index is 12.2. The first-order valence-corrected chi connectivity index (χ1v) is 7.20. The summed E-state index contributed by atoms with van der Waals surface area (Å²) in [4.78, 5) is 29.5. The monoisotopic (exact) mass is 314 g/mol. The summed E-state index contributed by atoms with van der Waals surface area (Å²) in [5.74, 6) is 0. The van der Waals surface area contributed by atoms with E-state index in [1.54, 1.807) is 31.2 Å². The van der Waals surface area contributed by atoms with Crippen LogP contribution in [0.15, 0.2) is 60.7 Å². The highest BCUT2D eigenvalue weighted by molar-refractivity contribution is 5.97. The Morgan fingerprint density at radius 2 is 1.61 bits per heavy atom. The third-order valence-corrected chi connectivity index (χ3v) is 2.85. The Balaban J connectivity index is 2.04. The topological polar surface area (TPSA) is 67.9 Å². The van der Waals surface area contributed by atoms with Crippen LogP contribution < -0.4 is 5.32 Å². The zero-order valence-electron chi connectivity index (χ0n) is 12.8. The third-order valence-electron chi connectivity index (χ3n) is 2.85. The first-order valence-electron chi connectivity index (χ1n) is 7.20. The molecule has 6 nitrogen and oxygen atoms in total. The molecule has 0 fully saturated rings. The number of amides is 3. The van der Waals surface area contributed by atoms with E-state index in [2.05, 4.69) is 5.32 Å². The second kappa shape index (κ2) is 8.55. The van der Waals surface area contributed by atoms with Crippen molar-refractivity contribution in [3.63, 3.8) is 0 Å². The second-order valence-electron chi connectivity index (χ2n) is 4.55. The van der Waals surface area contributed by atoms with Gasteiger partial charge in [-0.1, -0.05) is 53.6 Å². The van der Waals surface area contributed by atoms with Crippen molar-refractivity contribution in [2.45, 2.75) is 13.5 Å². The van der Waals surface area contributed by atoms with Gasteiger partial charge in [-0.2, -0.15) is 0 Å². The fraction of sp³-hybridized carbons (Fsp3) is 0.176. The van der Waals surface area contributed by atoms with E-state index in [0.29, 0.717) is 10.8 Å². The molecule has 2 rings (SSSR count). The van der Waals surface area contributed by atoms with Gasteiger partial charge in [-0.25, -0.2) is 9.59 Å². The number of rotatable bonds is 5. The number of carbonyl (C=O) groups is 2. The molecule has 0 aliphatic heterocycles. The number of carbonyl (C=O) groups excluding carboxylic acids is 2. The number of nitrogens with one attached hydrogen (secondary N) is 1. The predicted octanol–water partition coefficient (Wildman–Crippen LogP) is 3.81. The minimum atomic E-state index is -0.864. The van der Waals surface area contributed by atoms with E-state index in [-0.39, 0.29) is 13.2 Å². The Hall–Kier alpha value is -2.86. The lowest BCUT2D eigenvalue weighted by Gasteiger charge is -2.19. The number of benzene rings is 2. The third kappa shape index (κ3) is 5.12. The Morgan fingerprint density at radius 1 is 1.00 bits per heavy atom. The molecule has 1 N–H and O–H groups in total. The summed E-state index contributed by atoms with van der Waals surface area (Å²) in [6.45, 7) is 1.87. The zero-order chi connectivity index (χ0) is 16.5. The Morgan fingerprint density at radius 3 is 2.22 bits per heavy atom. The number of hydroxylamine groups is 2. The molecule has 0 aliphatic carbocycles. The number of urea groups is 1. The summed E-state index contributed by atoms with van der Waals surface area (Å²) < 4.78 is 4.85. The van der Waals surface area contributed by atoms with Crippen LogP contribution in [0.1, 0.15) is 12.5 Å². The van der Waals surface area contributed by atoms with Crippen LogP contribution in [0.3, 0.4) is 0 Å². The van der Waals surface area contributed by atoms with Gasteiger partial charge in [0, 0.05) is 5.69 Å². The number of anilines is 1. The molecule has 2 aromatic carbocycles. The smallest absolute Gasteiger partial charge is 0.443 e. The SMILES string of the molecule is CCOC(=O)N(OCc1ccccc1)C(=O)Nc1ccccc1. The minimum absolute atomic E-state index is 0.0713. The summed E-state index contributed by atoms with van der Waals surface area (Å²) in [6, 6.07) is 17.3. The van der Waals surface area contributed by atoms with Crippen molar-refractivity contribution in [2.24, 2.45) is 0 Å². The summed E-state index contributed by atoms with van der Waals surface area (Å²) in [5, 5.41) is 3.17. The molecule has 0 spiro atoms. The van der Waals surface area contributed by atoms with Crippen LogP contribution in [0.25, 0.3) is 0 Å². The largest absolute Gasteiger partial charge is 0.448 e. The molecule has 0 atom stereocenters. The van der Waals surface area contributed by atoms with Crippen LogP contribution in [0.5, 0.6) is 0 Å². The van der Waals surface area contributed by atoms with Crippen molar-refractivity contribution in [3.05, 3.63) is 66.2 Å². The molecule has 0 radical (unpaired) electrons. The lowest BCUT2D eigenvalue weighted by Crippen LogP contribution is -2.40. The van der Waals surface area contributed by atoms with Crippen LogP contribution in [0.4, 0.5) is 15.3 Å². The highest BCUT2D eigenvalue weighted by atomic mass is 16.7. The fourth-order valence-corrected chi connectivity index (χ4v) is 1.79. The van der Waals surface area contributed by atoms with Crippen molar-refractivity contribution in [2.75, 3.05) is 11.9 Å². The molecule has 0 bridgehead atoms. The zero-order valence-corrected chi connectivity index (χ0v) is 12.8. The van der Waals surface area contributed by atoms with E-state index >= 15 is 0 Å². The number of nitrogens with zero attached hydrogens (tertiary/aromatic N) is 1. The van der Waals surface area contributed by atoms with E-state index in [0.717, 1.165) is 5.56 Å². The summed E-state index contributed by atoms with van der Waals surface area (Å²) in [7, 11) is 0. The summed E-state index contributed by atoms with van der Waals surface area (Å²) >= 11 is 0. The van der Waals surface area contributed by atoms with Gasteiger partial charge in [-0.05, 0) is 24.6 Å². The van der Waals surface area contributed by atoms with Crippen molar-refractivity contribution < 1.29 is 19.2 Å². The van der Waals surface area contributed by atoms with Gasteiger partial charge in [-0.3, -0.25) is 4.84 Å². The molecular formula is C17H18N2O4. The second-order valence-corrected chi connectivity index (χ2v) is 4.55. The molecule has 23 heavy (non-hydrogen) atoms. The van der Waals surface area contributed by atoms with Gasteiger partial charge in [0.1, 0.15) is 6.61 Å². The lowest BCUT2D eigenvalue weighted by atomic mass is 10.2. The molecule has 0 unspecified atom stereocenters. The standard InChI is InChI=1S/C17H18N2O4/c1-2-22-17(21)19(23-13-14-9-5-3-6-10-14)16(20)18-15-11-7-4-8-12-15/h3-12H,2,13H2,1H3,(H,18,20). The van der Waals surface area contributed by atoms with Gasteiger partial charge in [0.05, 0.1) is 6.61 Å². The van der Waals surface area contributed by atoms with Gasteiger partial charge in [0.25, 0.3) is 0 Å². The molecule has 0 aromatic heterocycles. The molecule has 120 valence electrons. The number of hydrogen-bond donors (Lipinski definition) is 1. The van der Waals surface area contributed by atoms with E-state index in [1.807, 2.05) is 36.4 Å². The first-order chi connectivity index (χ1) is 11.2. The molecule has 0 heterocycles. The van der Waals surface area contributed by atoms with Crippen molar-refractivity contribution in [1.82, 2.24) is 5.06 Å². The Bertz CT molecular complexity index is 632. The summed E-state index contributed by atoms with van der Waals surface area (Å²) in [6.07, 6.45) is -0.864. The predicted molar refractivity (Wildman–Crippen MR) is 85.6 cm³/mol. The van der Waals surface area contributed by atoms with Gasteiger partial charge < -0.3 is 10.1 Å². The maximum atomic E-state index is 12.2. The van der Waals surface area contributed by atoms with Crippen LogP contribution in [-0.4, -0.2) is 23.8 Å². The Labute approximate surface area is 134 Å². The van der Waals surface area contributed by atoms with Gasteiger partial charge >= 0.3 is 12.1 Å². The molecule has 2 aromatic rings. The van der Waals surface area contributed by atoms with Gasteiger partial charge in [0.15, 0.2) is 0 Å². The number of para-hydroxylation sites is 1. The summed E-state index contributed by atoms with van der Waals surface area (Å²) in [5.41, 5.74) is 1.38. The molecule has 0 aliphatic rings. The van der Waals surface area contributed by atoms with E-state index in [9.17, 15) is 9.59 Å². The molecular weight excluding hydrogens is 296 g/mol. The number of hydrogen-bond acceptors (Lipinski definition) is 4. The molecule has 3 amide bonds. The highest BCUT2D eigenvalue weighted by Crippen LogP contribution is 2.10. The van der Waals surface area contributed by atoms with E-state index < -0.39 is 12.1 Å². The van der Waals surface area contributed by atoms with Crippen molar-refractivity contribution >= 4 is 17.8 Å². The van der Waals surface area contributed by atoms with Crippen LogP contribution in [0.2, 0.25) is 0 Å². The number of imide groups is 1. The quantitative estimate of drug-likeness (QED) is 0.852. The van der Waals surface area contributed by atoms with Crippen LogP contribution >= 0.6 is 0 Å². The Kier molecular flexibility index (Phi) is 6.14. The fourth-order valence-electron chi connectivity index (χ4n) is 1.79. The van der Waals surface area contributed by atoms with E-state index in [1.165, 1.54) is 0 Å².